The Bertz CT molecular complexity index is 369. The molecule has 0 amide bonds. The third kappa shape index (κ3) is 2.77. The van der Waals surface area contributed by atoms with Gasteiger partial charge in [-0.25, -0.2) is 0 Å². The quantitative estimate of drug-likeness (QED) is 0.873. The molecule has 1 aliphatic carbocycles. The van der Waals surface area contributed by atoms with Crippen molar-refractivity contribution in [1.82, 2.24) is 10.2 Å². The van der Waals surface area contributed by atoms with E-state index >= 15 is 0 Å². The predicted molar refractivity (Wildman–Crippen MR) is 53.1 cm³/mol. The largest absolute Gasteiger partial charge is 0.470 e. The number of hydrogen-bond donors (Lipinski definition) is 1. The summed E-state index contributed by atoms with van der Waals surface area (Å²) in [5, 5.41) is 6.52. The molecule has 0 aromatic carbocycles. The zero-order chi connectivity index (χ0) is 12.5. The number of nitrogens with two attached hydrogens (primary N) is 1. The highest BCUT2D eigenvalue weighted by Crippen LogP contribution is 2.36. The Balaban J connectivity index is 2.02. The van der Waals surface area contributed by atoms with Gasteiger partial charge in [0.05, 0.1) is 0 Å². The van der Waals surface area contributed by atoms with Gasteiger partial charge in [0.2, 0.25) is 5.89 Å². The molecule has 1 aliphatic rings. The summed E-state index contributed by atoms with van der Waals surface area (Å²) in [6.45, 7) is 0.629. The second-order valence-corrected chi connectivity index (χ2v) is 4.40. The van der Waals surface area contributed by atoms with Gasteiger partial charge in [0.25, 0.3) is 0 Å². The highest BCUT2D eigenvalue weighted by Gasteiger charge is 2.39. The molecule has 7 heteroatoms. The molecule has 96 valence electrons. The van der Waals surface area contributed by atoms with Crippen LogP contribution in [0.25, 0.3) is 0 Å². The molecule has 17 heavy (non-hydrogen) atoms. The Labute approximate surface area is 96.4 Å². The first-order valence-electron chi connectivity index (χ1n) is 5.61. The third-order valence-corrected chi connectivity index (χ3v) is 3.21. The lowest BCUT2D eigenvalue weighted by molar-refractivity contribution is -0.157. The fourth-order valence-electron chi connectivity index (χ4n) is 2.16. The molecule has 2 N–H and O–H groups in total. The minimum absolute atomic E-state index is 0.0543. The maximum absolute atomic E-state index is 12.3. The van der Waals surface area contributed by atoms with Crippen molar-refractivity contribution in [1.29, 1.82) is 0 Å². The van der Waals surface area contributed by atoms with Crippen LogP contribution < -0.4 is 5.73 Å². The first-order valence-corrected chi connectivity index (χ1v) is 5.61. The molecule has 0 aliphatic heterocycles. The molecule has 1 heterocycles. The lowest BCUT2D eigenvalue weighted by Crippen LogP contribution is -2.20. The Hall–Kier alpha value is -1.11. The number of rotatable bonds is 2. The molecule has 1 aromatic heterocycles. The molecule has 1 fully saturated rings. The van der Waals surface area contributed by atoms with Gasteiger partial charge in [-0.1, -0.05) is 0 Å². The number of alkyl halides is 3. The second-order valence-electron chi connectivity index (χ2n) is 4.40. The highest BCUT2D eigenvalue weighted by molar-refractivity contribution is 4.95. The van der Waals surface area contributed by atoms with E-state index in [0.29, 0.717) is 12.5 Å². The first kappa shape index (κ1) is 12.3. The van der Waals surface area contributed by atoms with Crippen LogP contribution in [0.4, 0.5) is 13.2 Å². The minimum Gasteiger partial charge on any atom is -0.417 e. The summed E-state index contributed by atoms with van der Waals surface area (Å²) in [5.41, 5.74) is 5.55. The number of hydrogen-bond acceptors (Lipinski definition) is 4. The SMILES string of the molecule is NC[C@H]1CC[C@H](c2nnc(C(F)(F)F)o2)CC1. The average Bonchev–Trinajstić information content (AvgIpc) is 2.78. The normalized spacial score (nSPS) is 26.1. The van der Waals surface area contributed by atoms with Crippen molar-refractivity contribution in [3.8, 4) is 0 Å². The lowest BCUT2D eigenvalue weighted by Gasteiger charge is -2.25. The zero-order valence-corrected chi connectivity index (χ0v) is 9.20. The molecule has 0 atom stereocenters. The van der Waals surface area contributed by atoms with Gasteiger partial charge in [0.1, 0.15) is 0 Å². The summed E-state index contributed by atoms with van der Waals surface area (Å²) in [5.74, 6) is -0.737. The topological polar surface area (TPSA) is 64.9 Å². The summed E-state index contributed by atoms with van der Waals surface area (Å²) in [6.07, 6.45) is -1.21. The lowest BCUT2D eigenvalue weighted by atomic mass is 9.82. The van der Waals surface area contributed by atoms with Crippen molar-refractivity contribution in [3.05, 3.63) is 11.8 Å². The van der Waals surface area contributed by atoms with Crippen LogP contribution in [0.15, 0.2) is 4.42 Å². The van der Waals surface area contributed by atoms with Crippen LogP contribution >= 0.6 is 0 Å². The van der Waals surface area contributed by atoms with Crippen LogP contribution in [0.2, 0.25) is 0 Å². The minimum atomic E-state index is -4.56. The standard InChI is InChI=1S/C10H14F3N3O/c11-10(12,13)9-16-15-8(17-9)7-3-1-6(5-14)2-4-7/h6-7H,1-5,14H2/t6-,7-. The summed E-state index contributed by atoms with van der Waals surface area (Å²) in [4.78, 5) is 0. The molecule has 0 saturated heterocycles. The fraction of sp³-hybridized carbons (Fsp3) is 0.800. The van der Waals surface area contributed by atoms with Gasteiger partial charge in [0, 0.05) is 5.92 Å². The molecule has 0 unspecified atom stereocenters. The summed E-state index contributed by atoms with van der Waals surface area (Å²) >= 11 is 0. The van der Waals surface area contributed by atoms with E-state index in [4.69, 9.17) is 5.73 Å². The van der Waals surface area contributed by atoms with E-state index in [0.717, 1.165) is 25.7 Å². The molecule has 0 bridgehead atoms. The van der Waals surface area contributed by atoms with Crippen molar-refractivity contribution < 1.29 is 17.6 Å². The van der Waals surface area contributed by atoms with E-state index < -0.39 is 12.1 Å². The van der Waals surface area contributed by atoms with Crippen molar-refractivity contribution in [2.24, 2.45) is 11.7 Å². The van der Waals surface area contributed by atoms with Crippen molar-refractivity contribution in [2.75, 3.05) is 6.54 Å². The number of nitrogens with zero attached hydrogens (tertiary/aromatic N) is 2. The molecular formula is C10H14F3N3O. The van der Waals surface area contributed by atoms with Crippen LogP contribution in [0.1, 0.15) is 43.4 Å². The maximum Gasteiger partial charge on any atom is 0.470 e. The molecule has 1 aromatic rings. The van der Waals surface area contributed by atoms with E-state index in [2.05, 4.69) is 14.6 Å². The van der Waals surface area contributed by atoms with E-state index in [1.807, 2.05) is 0 Å². The first-order chi connectivity index (χ1) is 8.00. The summed E-state index contributed by atoms with van der Waals surface area (Å²) in [7, 11) is 0. The monoisotopic (exact) mass is 249 g/mol. The molecule has 0 radical (unpaired) electrons. The van der Waals surface area contributed by atoms with E-state index in [1.165, 1.54) is 0 Å². The van der Waals surface area contributed by atoms with Crippen LogP contribution in [-0.4, -0.2) is 16.7 Å². The maximum atomic E-state index is 12.3. The van der Waals surface area contributed by atoms with Gasteiger partial charge in [-0.2, -0.15) is 13.2 Å². The predicted octanol–water partition coefficient (Wildman–Crippen LogP) is 2.32. The van der Waals surface area contributed by atoms with Gasteiger partial charge in [0.15, 0.2) is 0 Å². The van der Waals surface area contributed by atoms with Gasteiger partial charge < -0.3 is 10.2 Å². The number of halogens is 3. The zero-order valence-electron chi connectivity index (χ0n) is 9.20. The van der Waals surface area contributed by atoms with Crippen LogP contribution in [0.3, 0.4) is 0 Å². The van der Waals surface area contributed by atoms with Gasteiger partial charge in [-0.3, -0.25) is 0 Å². The Morgan fingerprint density at radius 2 is 1.82 bits per heavy atom. The van der Waals surface area contributed by atoms with Crippen LogP contribution in [0.5, 0.6) is 0 Å². The van der Waals surface area contributed by atoms with Crippen LogP contribution in [0, 0.1) is 5.92 Å². The van der Waals surface area contributed by atoms with Gasteiger partial charge in [-0.05, 0) is 38.1 Å². The molecule has 0 spiro atoms. The van der Waals surface area contributed by atoms with E-state index in [-0.39, 0.29) is 11.8 Å². The second kappa shape index (κ2) is 4.64. The fourth-order valence-corrected chi connectivity index (χ4v) is 2.16. The van der Waals surface area contributed by atoms with E-state index in [9.17, 15) is 13.2 Å². The van der Waals surface area contributed by atoms with Gasteiger partial charge in [-0.15, -0.1) is 10.2 Å². The Morgan fingerprint density at radius 1 is 1.18 bits per heavy atom. The molecule has 4 nitrogen and oxygen atoms in total. The molecule has 1 saturated carbocycles. The van der Waals surface area contributed by atoms with Crippen LogP contribution in [-0.2, 0) is 6.18 Å². The van der Waals surface area contributed by atoms with Crippen molar-refractivity contribution in [2.45, 2.75) is 37.8 Å². The highest BCUT2D eigenvalue weighted by atomic mass is 19.4. The van der Waals surface area contributed by atoms with Crippen molar-refractivity contribution in [3.63, 3.8) is 0 Å². The van der Waals surface area contributed by atoms with Gasteiger partial charge >= 0.3 is 12.1 Å². The van der Waals surface area contributed by atoms with Crippen molar-refractivity contribution >= 4 is 0 Å². The summed E-state index contributed by atoms with van der Waals surface area (Å²) in [6, 6.07) is 0. The molecular weight excluding hydrogens is 235 g/mol. The Kier molecular flexibility index (Phi) is 3.37. The van der Waals surface area contributed by atoms with E-state index in [1.54, 1.807) is 0 Å². The summed E-state index contributed by atoms with van der Waals surface area (Å²) < 4.78 is 41.5. The molecule has 2 rings (SSSR count). The smallest absolute Gasteiger partial charge is 0.417 e. The Morgan fingerprint density at radius 3 is 2.29 bits per heavy atom. The third-order valence-electron chi connectivity index (χ3n) is 3.21. The number of aromatic nitrogens is 2. The average molecular weight is 249 g/mol.